The summed E-state index contributed by atoms with van der Waals surface area (Å²) in [5.74, 6) is -7.96. The summed E-state index contributed by atoms with van der Waals surface area (Å²) in [5.41, 5.74) is 1.27. The fraction of sp³-hybridized carbons (Fsp3) is 0.745. The van der Waals surface area contributed by atoms with Gasteiger partial charge in [0.1, 0.15) is 30.1 Å². The average molecular weight is 914 g/mol. The molecule has 0 radical (unpaired) electrons. The molecule has 4 aliphatic rings. The van der Waals surface area contributed by atoms with Gasteiger partial charge in [0, 0.05) is 58.5 Å². The summed E-state index contributed by atoms with van der Waals surface area (Å²) in [6.45, 7) is 12.7. The van der Waals surface area contributed by atoms with E-state index in [0.29, 0.717) is 63.4 Å². The minimum atomic E-state index is -2.43. The quantitative estimate of drug-likeness (QED) is 0.156. The number of ketones is 3. The molecule has 65 heavy (non-hydrogen) atoms. The van der Waals surface area contributed by atoms with Crippen molar-refractivity contribution in [3.8, 4) is 0 Å². The number of piperidine rings is 1. The number of carbonyl (C=O) groups is 5. The maximum Gasteiger partial charge on any atom is 0.329 e. The van der Waals surface area contributed by atoms with Gasteiger partial charge in [0.15, 0.2) is 5.78 Å². The predicted octanol–water partition coefficient (Wildman–Crippen LogP) is 6.18. The number of aliphatic hydroxyl groups is 3. The Kier molecular flexibility index (Phi) is 21.0. The van der Waals surface area contributed by atoms with E-state index < -0.39 is 83.9 Å². The monoisotopic (exact) mass is 914 g/mol. The molecule has 1 aliphatic carbocycles. The van der Waals surface area contributed by atoms with Crippen LogP contribution < -0.4 is 0 Å². The van der Waals surface area contributed by atoms with Gasteiger partial charge in [0.25, 0.3) is 11.7 Å². The van der Waals surface area contributed by atoms with E-state index in [1.54, 1.807) is 41.1 Å². The second-order valence-electron chi connectivity index (χ2n) is 19.6. The van der Waals surface area contributed by atoms with Gasteiger partial charge < -0.3 is 43.9 Å². The first kappa shape index (κ1) is 54.2. The zero-order valence-corrected chi connectivity index (χ0v) is 40.6. The van der Waals surface area contributed by atoms with Gasteiger partial charge in [-0.2, -0.15) is 0 Å². The number of Topliss-reactive ketones (excluding diaryl/α,β-unsaturated/α-hetero) is 3. The molecule has 14 heteroatoms. The van der Waals surface area contributed by atoms with E-state index in [1.165, 1.54) is 12.0 Å². The third-order valence-corrected chi connectivity index (χ3v) is 14.5. The van der Waals surface area contributed by atoms with Crippen LogP contribution in [0.5, 0.6) is 0 Å². The average Bonchev–Trinajstić information content (AvgIpc) is 3.28. The molecule has 14 nitrogen and oxygen atoms in total. The smallest absolute Gasteiger partial charge is 0.329 e. The number of ether oxygens (including phenoxy) is 5. The van der Waals surface area contributed by atoms with Crippen LogP contribution in [0.2, 0.25) is 0 Å². The fourth-order valence-corrected chi connectivity index (χ4v) is 10.1. The lowest BCUT2D eigenvalue weighted by molar-refractivity contribution is -0.265. The number of hydrogen-bond donors (Lipinski definition) is 3. The third kappa shape index (κ3) is 14.3. The molecule has 0 aromatic heterocycles. The van der Waals surface area contributed by atoms with Crippen molar-refractivity contribution in [1.29, 1.82) is 0 Å². The van der Waals surface area contributed by atoms with Crippen molar-refractivity contribution in [3.63, 3.8) is 0 Å². The van der Waals surface area contributed by atoms with Gasteiger partial charge in [0.2, 0.25) is 5.79 Å². The minimum absolute atomic E-state index is 0.0193. The van der Waals surface area contributed by atoms with Crippen molar-refractivity contribution < 1.29 is 63.0 Å². The van der Waals surface area contributed by atoms with E-state index >= 15 is 0 Å². The number of esters is 1. The molecule has 3 aliphatic heterocycles. The largest absolute Gasteiger partial charge is 0.460 e. The highest BCUT2D eigenvalue weighted by Gasteiger charge is 2.53. The van der Waals surface area contributed by atoms with Crippen molar-refractivity contribution in [1.82, 2.24) is 4.90 Å². The number of fused-ring (bicyclic) bond motifs is 3. The normalized spacial score (nSPS) is 39.1. The molecule has 3 N–H and O–H groups in total. The second-order valence-corrected chi connectivity index (χ2v) is 19.6. The molecule has 3 heterocycles. The minimum Gasteiger partial charge on any atom is -0.460 e. The molecule has 366 valence electrons. The van der Waals surface area contributed by atoms with Crippen LogP contribution in [0.3, 0.4) is 0 Å². The lowest BCUT2D eigenvalue weighted by atomic mass is 9.78. The van der Waals surface area contributed by atoms with Crippen LogP contribution in [0, 0.1) is 35.5 Å². The number of methoxy groups -OCH3 is 3. The second kappa shape index (κ2) is 25.1. The number of nitrogens with zero attached hydrogens (tertiary/aromatic N) is 1. The maximum absolute atomic E-state index is 14.4. The van der Waals surface area contributed by atoms with E-state index in [9.17, 15) is 39.3 Å². The first-order chi connectivity index (χ1) is 30.7. The van der Waals surface area contributed by atoms with Gasteiger partial charge >= 0.3 is 5.97 Å². The van der Waals surface area contributed by atoms with Gasteiger partial charge in [-0.25, -0.2) is 4.79 Å². The SMILES string of the molecule is COC1CC2CC[C@@H](C)[C@@](O)(O2)C(=O)C(=O)N2CCCC[C@H]2C(=O)O[C@H]([C@H](C)C[C@@H]2CC[C@@H](O)[C@H](OC)C2)CC(=O)[C@H](C)/C=C(\C)[C@@H](O)[C@@H](OC)C(=O)[C@H](C)C[C@H](C)/C=C/C=CC=C1C. The lowest BCUT2D eigenvalue weighted by Crippen LogP contribution is -2.61. The summed E-state index contributed by atoms with van der Waals surface area (Å²) in [6, 6.07) is -1.14. The Labute approximate surface area is 387 Å². The van der Waals surface area contributed by atoms with Crippen LogP contribution in [0.25, 0.3) is 0 Å². The molecule has 2 unspecified atom stereocenters. The maximum atomic E-state index is 14.4. The number of cyclic esters (lactones) is 1. The summed E-state index contributed by atoms with van der Waals surface area (Å²) >= 11 is 0. The summed E-state index contributed by atoms with van der Waals surface area (Å²) in [5, 5.41) is 33.8. The first-order valence-corrected chi connectivity index (χ1v) is 23.9. The van der Waals surface area contributed by atoms with Crippen LogP contribution in [0.15, 0.2) is 47.6 Å². The first-order valence-electron chi connectivity index (χ1n) is 23.9. The molecular weight excluding hydrogens is 835 g/mol. The molecule has 1 saturated carbocycles. The Morgan fingerprint density at radius 2 is 1.57 bits per heavy atom. The third-order valence-electron chi connectivity index (χ3n) is 14.5. The van der Waals surface area contributed by atoms with Crippen molar-refractivity contribution in [3.05, 3.63) is 47.6 Å². The van der Waals surface area contributed by atoms with Gasteiger partial charge in [-0.1, -0.05) is 71.1 Å². The highest BCUT2D eigenvalue weighted by atomic mass is 16.6. The molecular formula is C51H79NO13. The van der Waals surface area contributed by atoms with Gasteiger partial charge in [-0.15, -0.1) is 0 Å². The molecule has 0 aromatic rings. The Hall–Kier alpha value is -3.37. The molecule has 2 bridgehead atoms. The van der Waals surface area contributed by atoms with Crippen LogP contribution in [0.1, 0.15) is 126 Å². The van der Waals surface area contributed by atoms with Crippen LogP contribution in [0.4, 0.5) is 0 Å². The van der Waals surface area contributed by atoms with Crippen LogP contribution in [-0.2, 0) is 47.7 Å². The number of hydrogen-bond acceptors (Lipinski definition) is 13. The number of aliphatic hydroxyl groups excluding tert-OH is 2. The Morgan fingerprint density at radius 3 is 2.25 bits per heavy atom. The Balaban J connectivity index is 1.70. The Bertz CT molecular complexity index is 1760. The molecule has 3 fully saturated rings. The van der Waals surface area contributed by atoms with Gasteiger partial charge in [-0.3, -0.25) is 19.2 Å². The fourth-order valence-electron chi connectivity index (χ4n) is 10.1. The summed E-state index contributed by atoms with van der Waals surface area (Å²) in [6.07, 6.45) is 11.2. The van der Waals surface area contributed by atoms with Gasteiger partial charge in [-0.05, 0) is 107 Å². The lowest BCUT2D eigenvalue weighted by Gasteiger charge is -2.42. The van der Waals surface area contributed by atoms with Crippen molar-refractivity contribution in [2.75, 3.05) is 27.9 Å². The number of amides is 1. The van der Waals surface area contributed by atoms with E-state index in [4.69, 9.17) is 23.7 Å². The summed E-state index contributed by atoms with van der Waals surface area (Å²) < 4.78 is 29.4. The Morgan fingerprint density at radius 1 is 0.846 bits per heavy atom. The molecule has 0 spiro atoms. The zero-order chi connectivity index (χ0) is 48.2. The molecule has 4 rings (SSSR count). The van der Waals surface area contributed by atoms with E-state index in [0.717, 1.165) is 12.0 Å². The molecule has 2 saturated heterocycles. The van der Waals surface area contributed by atoms with Crippen LogP contribution in [-0.4, -0.2) is 132 Å². The van der Waals surface area contributed by atoms with Crippen LogP contribution >= 0.6 is 0 Å². The number of allylic oxidation sites excluding steroid dienone is 6. The number of rotatable bonds is 6. The molecule has 0 aromatic carbocycles. The van der Waals surface area contributed by atoms with Crippen molar-refractivity contribution in [2.45, 2.75) is 180 Å². The van der Waals surface area contributed by atoms with Gasteiger partial charge in [0.05, 0.1) is 24.4 Å². The number of carbonyl (C=O) groups excluding carboxylic acids is 5. The molecule has 15 atom stereocenters. The van der Waals surface area contributed by atoms with Crippen molar-refractivity contribution >= 4 is 29.2 Å². The van der Waals surface area contributed by atoms with E-state index in [2.05, 4.69) is 0 Å². The molecule has 1 amide bonds. The zero-order valence-electron chi connectivity index (χ0n) is 40.6. The van der Waals surface area contributed by atoms with E-state index in [1.807, 2.05) is 58.1 Å². The highest BCUT2D eigenvalue weighted by molar-refractivity contribution is 6.39. The predicted molar refractivity (Wildman–Crippen MR) is 245 cm³/mol. The topological polar surface area (TPSA) is 195 Å². The highest BCUT2D eigenvalue weighted by Crippen LogP contribution is 2.38. The summed E-state index contributed by atoms with van der Waals surface area (Å²) in [7, 11) is 4.52. The van der Waals surface area contributed by atoms with E-state index in [-0.39, 0.29) is 54.8 Å². The summed E-state index contributed by atoms with van der Waals surface area (Å²) in [4.78, 5) is 71.8. The van der Waals surface area contributed by atoms with Crippen molar-refractivity contribution in [2.24, 2.45) is 35.5 Å². The standard InChI is InChI=1S/C51H79NO13/c1-30-16-12-11-13-17-31(2)42(61-8)28-38-21-19-36(7)51(60,65-38)48(57)49(58)52-23-15-14-18-39(52)50(59)64-43(33(4)26-37-20-22-40(53)44(27-37)62-9)29-41(54)32(3)25-35(6)46(56)47(63-10)45(55)34(5)24-30/h11-13,16-17,25,30,32-34,36-40,42-44,46-47,53,56,60H,14-15,18-24,26-29H2,1-10H3/b13-11?,16-12+,31-17?,35-25+/t30-,32-,33-,34-,36-,37+,38?,39+,40-,42?,43+,44-,46-,47+,51-/m1/s1.